The molecule has 34 heavy (non-hydrogen) atoms. The van der Waals surface area contributed by atoms with Crippen molar-refractivity contribution in [2.75, 3.05) is 53.1 Å². The lowest BCUT2D eigenvalue weighted by Gasteiger charge is -2.35. The van der Waals surface area contributed by atoms with Gasteiger partial charge in [0, 0.05) is 25.2 Å². The molecule has 1 saturated heterocycles. The van der Waals surface area contributed by atoms with Crippen LogP contribution in [0, 0.1) is 0 Å². The maximum atomic E-state index is 12.5. The van der Waals surface area contributed by atoms with Crippen LogP contribution in [0.2, 0.25) is 0 Å². The number of amides is 2. The van der Waals surface area contributed by atoms with Gasteiger partial charge in [0.1, 0.15) is 11.5 Å². The average molecular weight is 470 g/mol. The van der Waals surface area contributed by atoms with Crippen LogP contribution < -0.4 is 20.1 Å². The Labute approximate surface area is 201 Å². The Bertz CT molecular complexity index is 896. The number of ether oxygens (including phenoxy) is 3. The summed E-state index contributed by atoms with van der Waals surface area (Å²) < 4.78 is 16.4. The number of hydrogen-bond acceptors (Lipinski definition) is 6. The predicted molar refractivity (Wildman–Crippen MR) is 130 cm³/mol. The minimum Gasteiger partial charge on any atom is -0.497 e. The summed E-state index contributed by atoms with van der Waals surface area (Å²) in [5, 5.41) is 5.65. The molecular formula is C26H35N3O5. The van der Waals surface area contributed by atoms with Gasteiger partial charge < -0.3 is 24.8 Å². The molecule has 0 aromatic heterocycles. The molecule has 8 heteroatoms. The third-order valence-corrected chi connectivity index (χ3v) is 5.77. The summed E-state index contributed by atoms with van der Waals surface area (Å²) in [7, 11) is 1.64. The van der Waals surface area contributed by atoms with Crippen LogP contribution in [0.4, 0.5) is 0 Å². The van der Waals surface area contributed by atoms with Gasteiger partial charge in [-0.2, -0.15) is 0 Å². The molecule has 1 aliphatic rings. The van der Waals surface area contributed by atoms with E-state index in [1.54, 1.807) is 31.4 Å². The third kappa shape index (κ3) is 7.74. The molecule has 2 aromatic carbocycles. The lowest BCUT2D eigenvalue weighted by Crippen LogP contribution is -2.45. The van der Waals surface area contributed by atoms with Crippen LogP contribution in [0.1, 0.15) is 41.7 Å². The molecule has 1 heterocycles. The molecule has 2 N–H and O–H groups in total. The topological polar surface area (TPSA) is 89.1 Å². The molecule has 0 spiro atoms. The molecule has 1 aliphatic heterocycles. The fourth-order valence-electron chi connectivity index (χ4n) is 3.75. The molecule has 3 rings (SSSR count). The molecule has 184 valence electrons. The molecule has 1 atom stereocenters. The fraction of sp³-hybridized carbons (Fsp3) is 0.462. The van der Waals surface area contributed by atoms with Crippen molar-refractivity contribution in [2.24, 2.45) is 0 Å². The number of methoxy groups -OCH3 is 1. The summed E-state index contributed by atoms with van der Waals surface area (Å²) in [6.45, 7) is 6.02. The van der Waals surface area contributed by atoms with Crippen molar-refractivity contribution in [3.8, 4) is 11.5 Å². The molecule has 1 fully saturated rings. The summed E-state index contributed by atoms with van der Waals surface area (Å²) in [5.41, 5.74) is 1.58. The van der Waals surface area contributed by atoms with Crippen LogP contribution in [0.5, 0.6) is 11.5 Å². The normalized spacial score (nSPS) is 14.8. The van der Waals surface area contributed by atoms with Gasteiger partial charge in [-0.1, -0.05) is 25.5 Å². The number of morpholine rings is 1. The second kappa shape index (κ2) is 13.6. The summed E-state index contributed by atoms with van der Waals surface area (Å²) in [6, 6.07) is 14.8. The highest BCUT2D eigenvalue weighted by atomic mass is 16.5. The second-order valence-corrected chi connectivity index (χ2v) is 8.15. The largest absolute Gasteiger partial charge is 0.497 e. The van der Waals surface area contributed by atoms with Gasteiger partial charge in [-0.25, -0.2) is 0 Å². The van der Waals surface area contributed by atoms with Crippen molar-refractivity contribution in [1.29, 1.82) is 0 Å². The van der Waals surface area contributed by atoms with E-state index in [0.29, 0.717) is 31.9 Å². The first kappa shape index (κ1) is 25.5. The first-order valence-corrected chi connectivity index (χ1v) is 11.8. The van der Waals surface area contributed by atoms with Gasteiger partial charge in [0.2, 0.25) is 5.91 Å². The van der Waals surface area contributed by atoms with Crippen LogP contribution >= 0.6 is 0 Å². The highest BCUT2D eigenvalue weighted by Crippen LogP contribution is 2.23. The molecule has 0 saturated carbocycles. The zero-order valence-electron chi connectivity index (χ0n) is 20.0. The van der Waals surface area contributed by atoms with Gasteiger partial charge >= 0.3 is 0 Å². The first-order chi connectivity index (χ1) is 16.6. The maximum Gasteiger partial charge on any atom is 0.251 e. The number of nitrogens with one attached hydrogen (secondary N) is 2. The van der Waals surface area contributed by atoms with E-state index in [-0.39, 0.29) is 24.4 Å². The van der Waals surface area contributed by atoms with Crippen molar-refractivity contribution in [3.63, 3.8) is 0 Å². The molecule has 0 unspecified atom stereocenters. The van der Waals surface area contributed by atoms with E-state index in [9.17, 15) is 9.59 Å². The van der Waals surface area contributed by atoms with Crippen LogP contribution in [-0.2, 0) is 9.53 Å². The number of unbranched alkanes of at least 4 members (excludes halogenated alkanes) is 1. The van der Waals surface area contributed by atoms with Crippen molar-refractivity contribution in [2.45, 2.75) is 25.8 Å². The lowest BCUT2D eigenvalue weighted by molar-refractivity contribution is -0.120. The first-order valence-electron chi connectivity index (χ1n) is 11.8. The SMILES string of the molecule is CCCCOc1ccc(C(=O)NCC(=O)NC[C@H](c2ccc(OC)cc2)N2CCOCC2)cc1. The summed E-state index contributed by atoms with van der Waals surface area (Å²) in [4.78, 5) is 27.2. The molecule has 8 nitrogen and oxygen atoms in total. The minimum absolute atomic E-state index is 0.00899. The Kier molecular flexibility index (Phi) is 10.2. The average Bonchev–Trinajstić information content (AvgIpc) is 2.89. The molecule has 0 aliphatic carbocycles. The van der Waals surface area contributed by atoms with Crippen LogP contribution in [0.3, 0.4) is 0 Å². The number of hydrogen-bond donors (Lipinski definition) is 2. The summed E-state index contributed by atoms with van der Waals surface area (Å²) >= 11 is 0. The molecule has 2 amide bonds. The third-order valence-electron chi connectivity index (χ3n) is 5.77. The predicted octanol–water partition coefficient (Wildman–Crippen LogP) is 2.79. The van der Waals surface area contributed by atoms with Gasteiger partial charge in [0.05, 0.1) is 39.5 Å². The second-order valence-electron chi connectivity index (χ2n) is 8.15. The van der Waals surface area contributed by atoms with Crippen molar-refractivity contribution in [1.82, 2.24) is 15.5 Å². The number of benzene rings is 2. The molecular weight excluding hydrogens is 434 g/mol. The number of carbonyl (C=O) groups is 2. The number of nitrogens with zero attached hydrogens (tertiary/aromatic N) is 1. The zero-order chi connectivity index (χ0) is 24.2. The Hall–Kier alpha value is -3.10. The fourth-order valence-corrected chi connectivity index (χ4v) is 3.75. The van der Waals surface area contributed by atoms with E-state index in [2.05, 4.69) is 22.5 Å². The quantitative estimate of drug-likeness (QED) is 0.465. The smallest absolute Gasteiger partial charge is 0.251 e. The molecule has 0 radical (unpaired) electrons. The van der Waals surface area contributed by atoms with Crippen LogP contribution in [0.25, 0.3) is 0 Å². The van der Waals surface area contributed by atoms with Crippen molar-refractivity contribution in [3.05, 3.63) is 59.7 Å². The minimum atomic E-state index is -0.296. The van der Waals surface area contributed by atoms with Crippen LogP contribution in [0.15, 0.2) is 48.5 Å². The Balaban J connectivity index is 1.50. The monoisotopic (exact) mass is 469 g/mol. The summed E-state index contributed by atoms with van der Waals surface area (Å²) in [6.07, 6.45) is 2.05. The van der Waals surface area contributed by atoms with Crippen molar-refractivity contribution >= 4 is 11.8 Å². The highest BCUT2D eigenvalue weighted by Gasteiger charge is 2.23. The highest BCUT2D eigenvalue weighted by molar-refractivity contribution is 5.96. The van der Waals surface area contributed by atoms with Gasteiger partial charge in [-0.05, 0) is 48.4 Å². The van der Waals surface area contributed by atoms with Gasteiger partial charge in [-0.3, -0.25) is 14.5 Å². The lowest BCUT2D eigenvalue weighted by atomic mass is 10.0. The van der Waals surface area contributed by atoms with E-state index >= 15 is 0 Å². The van der Waals surface area contributed by atoms with E-state index in [4.69, 9.17) is 14.2 Å². The van der Waals surface area contributed by atoms with Gasteiger partial charge in [-0.15, -0.1) is 0 Å². The van der Waals surface area contributed by atoms with Crippen molar-refractivity contribution < 1.29 is 23.8 Å². The number of rotatable bonds is 12. The Morgan fingerprint density at radius 3 is 2.32 bits per heavy atom. The van der Waals surface area contributed by atoms with E-state index in [0.717, 1.165) is 43.0 Å². The van der Waals surface area contributed by atoms with E-state index in [1.165, 1.54) is 0 Å². The van der Waals surface area contributed by atoms with Crippen LogP contribution in [-0.4, -0.2) is 69.8 Å². The van der Waals surface area contributed by atoms with E-state index < -0.39 is 0 Å². The van der Waals surface area contributed by atoms with E-state index in [1.807, 2.05) is 24.3 Å². The molecule has 0 bridgehead atoms. The Morgan fingerprint density at radius 1 is 1.00 bits per heavy atom. The Morgan fingerprint density at radius 2 is 1.68 bits per heavy atom. The zero-order valence-corrected chi connectivity index (χ0v) is 20.0. The maximum absolute atomic E-state index is 12.5. The van der Waals surface area contributed by atoms with Gasteiger partial charge in [0.25, 0.3) is 5.91 Å². The summed E-state index contributed by atoms with van der Waals surface area (Å²) in [5.74, 6) is 0.988. The standard InChI is InChI=1S/C26H35N3O5/c1-3-4-15-34-23-11-7-21(8-12-23)26(31)28-19-25(30)27-18-24(29-13-16-33-17-14-29)20-5-9-22(32-2)10-6-20/h5-12,24H,3-4,13-19H2,1-2H3,(H,27,30)(H,28,31)/t24-/m1/s1. The van der Waals surface area contributed by atoms with Gasteiger partial charge in [0.15, 0.2) is 0 Å². The molecule has 2 aromatic rings. The number of carbonyl (C=O) groups excluding carboxylic acids is 2.